The first-order chi connectivity index (χ1) is 7.83. The molecule has 0 unspecified atom stereocenters. The Bertz CT molecular complexity index is 421. The molecule has 0 fully saturated rings. The molecule has 17 heavy (non-hydrogen) atoms. The summed E-state index contributed by atoms with van der Waals surface area (Å²) in [6.45, 7) is 2.29. The van der Waals surface area contributed by atoms with Gasteiger partial charge in [-0.25, -0.2) is 4.98 Å². The summed E-state index contributed by atoms with van der Waals surface area (Å²) in [5.41, 5.74) is 0.458. The Morgan fingerprint density at radius 2 is 2.12 bits per heavy atom. The Balaban J connectivity index is 3.02. The maximum Gasteiger partial charge on any atom is 0.405 e. The fourth-order valence-corrected chi connectivity index (χ4v) is 1.42. The number of nitrogens with zero attached hydrogens (tertiary/aromatic N) is 3. The van der Waals surface area contributed by atoms with E-state index in [0.29, 0.717) is 5.69 Å². The highest BCUT2D eigenvalue weighted by Gasteiger charge is 2.32. The van der Waals surface area contributed by atoms with Crippen LogP contribution in [0.25, 0.3) is 0 Å². The third kappa shape index (κ3) is 3.94. The summed E-state index contributed by atoms with van der Waals surface area (Å²) in [6, 6.07) is 4.31. The van der Waals surface area contributed by atoms with Gasteiger partial charge in [0.05, 0.1) is 0 Å². The van der Waals surface area contributed by atoms with E-state index in [-0.39, 0.29) is 11.7 Å². The zero-order chi connectivity index (χ0) is 13.1. The lowest BCUT2D eigenvalue weighted by Gasteiger charge is -2.29. The summed E-state index contributed by atoms with van der Waals surface area (Å²) < 4.78 is 37.2. The van der Waals surface area contributed by atoms with E-state index in [0.717, 1.165) is 0 Å². The molecule has 0 saturated heterocycles. The summed E-state index contributed by atoms with van der Waals surface area (Å²) in [6.07, 6.45) is -2.94. The maximum atomic E-state index is 12.4. The largest absolute Gasteiger partial charge is 0.405 e. The Labute approximate surface area is 97.5 Å². The third-order valence-electron chi connectivity index (χ3n) is 2.16. The molecular weight excluding hydrogens is 231 g/mol. The van der Waals surface area contributed by atoms with E-state index in [9.17, 15) is 13.2 Å². The van der Waals surface area contributed by atoms with Crippen LogP contribution in [-0.4, -0.2) is 23.7 Å². The number of alkyl halides is 3. The first-order valence-electron chi connectivity index (χ1n) is 5.03. The minimum absolute atomic E-state index is 0.107. The van der Waals surface area contributed by atoms with Crippen molar-refractivity contribution < 1.29 is 13.2 Å². The van der Waals surface area contributed by atoms with Gasteiger partial charge in [0, 0.05) is 17.9 Å². The minimum atomic E-state index is -4.28. The SMILES string of the molecule is CC(C)N(CC(F)(F)F)c1ccnc(C#N)c1. The molecule has 1 aromatic rings. The maximum absolute atomic E-state index is 12.4. The highest BCUT2D eigenvalue weighted by atomic mass is 19.4. The van der Waals surface area contributed by atoms with Gasteiger partial charge in [-0.3, -0.25) is 0 Å². The number of nitriles is 1. The zero-order valence-electron chi connectivity index (χ0n) is 9.49. The fourth-order valence-electron chi connectivity index (χ4n) is 1.42. The standard InChI is InChI=1S/C11H12F3N3/c1-8(2)17(7-11(12,13)14)10-3-4-16-9(5-10)6-15/h3-5,8H,7H2,1-2H3. The second-order valence-corrected chi connectivity index (χ2v) is 3.85. The van der Waals surface area contributed by atoms with E-state index < -0.39 is 12.7 Å². The van der Waals surface area contributed by atoms with E-state index >= 15 is 0 Å². The van der Waals surface area contributed by atoms with Crippen molar-refractivity contribution in [3.05, 3.63) is 24.0 Å². The highest BCUT2D eigenvalue weighted by Crippen LogP contribution is 2.24. The van der Waals surface area contributed by atoms with E-state index in [4.69, 9.17) is 5.26 Å². The predicted octanol–water partition coefficient (Wildman–Crippen LogP) is 2.73. The molecule has 0 bridgehead atoms. The van der Waals surface area contributed by atoms with Gasteiger partial charge in [-0.15, -0.1) is 0 Å². The van der Waals surface area contributed by atoms with E-state index in [1.165, 1.54) is 23.2 Å². The van der Waals surface area contributed by atoms with E-state index in [1.54, 1.807) is 19.9 Å². The van der Waals surface area contributed by atoms with Gasteiger partial charge in [0.15, 0.2) is 0 Å². The molecule has 0 radical (unpaired) electrons. The van der Waals surface area contributed by atoms with Crippen molar-refractivity contribution in [2.45, 2.75) is 26.1 Å². The average molecular weight is 243 g/mol. The summed E-state index contributed by atoms with van der Waals surface area (Å²) in [5, 5.41) is 8.66. The van der Waals surface area contributed by atoms with Gasteiger partial charge in [-0.05, 0) is 26.0 Å². The lowest BCUT2D eigenvalue weighted by Crippen LogP contribution is -2.39. The zero-order valence-corrected chi connectivity index (χ0v) is 9.49. The van der Waals surface area contributed by atoms with Crippen molar-refractivity contribution >= 4 is 5.69 Å². The summed E-state index contributed by atoms with van der Waals surface area (Å²) in [4.78, 5) is 4.91. The topological polar surface area (TPSA) is 39.9 Å². The van der Waals surface area contributed by atoms with Gasteiger partial charge in [0.2, 0.25) is 0 Å². The summed E-state index contributed by atoms with van der Waals surface area (Å²) in [5.74, 6) is 0. The van der Waals surface area contributed by atoms with Crippen LogP contribution in [0.3, 0.4) is 0 Å². The van der Waals surface area contributed by atoms with Crippen molar-refractivity contribution in [3.8, 4) is 6.07 Å². The number of hydrogen-bond acceptors (Lipinski definition) is 3. The van der Waals surface area contributed by atoms with Crippen LogP contribution in [0.4, 0.5) is 18.9 Å². The number of anilines is 1. The monoisotopic (exact) mass is 243 g/mol. The Morgan fingerprint density at radius 3 is 2.59 bits per heavy atom. The van der Waals surface area contributed by atoms with Gasteiger partial charge in [0.25, 0.3) is 0 Å². The molecule has 1 heterocycles. The molecule has 0 aliphatic carbocycles. The molecule has 0 aromatic carbocycles. The smallest absolute Gasteiger partial charge is 0.360 e. The third-order valence-corrected chi connectivity index (χ3v) is 2.16. The first-order valence-corrected chi connectivity index (χ1v) is 5.03. The number of pyridine rings is 1. The Hall–Kier alpha value is -1.77. The number of aromatic nitrogens is 1. The second-order valence-electron chi connectivity index (χ2n) is 3.85. The lowest BCUT2D eigenvalue weighted by molar-refractivity contribution is -0.120. The second kappa shape index (κ2) is 5.04. The molecule has 0 atom stereocenters. The van der Waals surface area contributed by atoms with Crippen LogP contribution in [0, 0.1) is 11.3 Å². The van der Waals surface area contributed by atoms with E-state index in [1.807, 2.05) is 0 Å². The van der Waals surface area contributed by atoms with Crippen molar-refractivity contribution in [2.75, 3.05) is 11.4 Å². The average Bonchev–Trinajstić information content (AvgIpc) is 2.24. The molecule has 0 spiro atoms. The van der Waals surface area contributed by atoms with Crippen LogP contribution in [0.2, 0.25) is 0 Å². The molecule has 1 rings (SSSR count). The van der Waals surface area contributed by atoms with Crippen molar-refractivity contribution in [1.82, 2.24) is 4.98 Å². The molecule has 92 valence electrons. The highest BCUT2D eigenvalue weighted by molar-refractivity contribution is 5.49. The summed E-state index contributed by atoms with van der Waals surface area (Å²) >= 11 is 0. The van der Waals surface area contributed by atoms with Crippen molar-refractivity contribution in [1.29, 1.82) is 5.26 Å². The van der Waals surface area contributed by atoms with Gasteiger partial charge in [-0.1, -0.05) is 0 Å². The first kappa shape index (κ1) is 13.3. The molecule has 3 nitrogen and oxygen atoms in total. The molecule has 0 aliphatic rings. The lowest BCUT2D eigenvalue weighted by atomic mass is 10.2. The fraction of sp³-hybridized carbons (Fsp3) is 0.455. The number of halogens is 3. The minimum Gasteiger partial charge on any atom is -0.360 e. The van der Waals surface area contributed by atoms with Crippen LogP contribution in [0.5, 0.6) is 0 Å². The van der Waals surface area contributed by atoms with Gasteiger partial charge in [-0.2, -0.15) is 18.4 Å². The van der Waals surface area contributed by atoms with Crippen LogP contribution in [0.1, 0.15) is 19.5 Å². The van der Waals surface area contributed by atoms with Crippen LogP contribution in [0.15, 0.2) is 18.3 Å². The van der Waals surface area contributed by atoms with E-state index in [2.05, 4.69) is 4.98 Å². The van der Waals surface area contributed by atoms with Crippen LogP contribution < -0.4 is 4.90 Å². The molecular formula is C11H12F3N3. The number of hydrogen-bond donors (Lipinski definition) is 0. The van der Waals surface area contributed by atoms with Crippen LogP contribution in [-0.2, 0) is 0 Å². The molecule has 0 saturated carbocycles. The molecule has 6 heteroatoms. The summed E-state index contributed by atoms with van der Waals surface area (Å²) in [7, 11) is 0. The van der Waals surface area contributed by atoms with Gasteiger partial charge < -0.3 is 4.90 Å². The van der Waals surface area contributed by atoms with Crippen molar-refractivity contribution in [3.63, 3.8) is 0 Å². The molecule has 0 amide bonds. The van der Waals surface area contributed by atoms with Crippen molar-refractivity contribution in [2.24, 2.45) is 0 Å². The van der Waals surface area contributed by atoms with Crippen LogP contribution >= 0.6 is 0 Å². The van der Waals surface area contributed by atoms with Gasteiger partial charge >= 0.3 is 6.18 Å². The quantitative estimate of drug-likeness (QED) is 0.819. The molecule has 0 N–H and O–H groups in total. The number of rotatable bonds is 3. The normalized spacial score (nSPS) is 11.4. The Kier molecular flexibility index (Phi) is 3.94. The molecule has 1 aromatic heterocycles. The van der Waals surface area contributed by atoms with Gasteiger partial charge in [0.1, 0.15) is 18.3 Å². The Morgan fingerprint density at radius 1 is 1.47 bits per heavy atom. The molecule has 0 aliphatic heterocycles. The predicted molar refractivity (Wildman–Crippen MR) is 57.5 cm³/mol.